The van der Waals surface area contributed by atoms with E-state index >= 15 is 0 Å². The Hall–Kier alpha value is -2.36. The smallest absolute Gasteiger partial charge is 0.329 e. The molecule has 1 heterocycles. The van der Waals surface area contributed by atoms with Crippen LogP contribution >= 0.6 is 0 Å². The number of hydrogen-bond donors (Lipinski definition) is 1. The second kappa shape index (κ2) is 10.9. The fraction of sp³-hybridized carbons (Fsp3) is 0.519. The number of anilines is 1. The highest BCUT2D eigenvalue weighted by Crippen LogP contribution is 2.37. The van der Waals surface area contributed by atoms with Gasteiger partial charge in [-0.25, -0.2) is 8.61 Å². The van der Waals surface area contributed by atoms with Crippen LogP contribution in [0.3, 0.4) is 0 Å². The van der Waals surface area contributed by atoms with E-state index in [-0.39, 0.29) is 25.0 Å². The first-order chi connectivity index (χ1) is 17.0. The number of amides is 1. The van der Waals surface area contributed by atoms with Gasteiger partial charge in [0.1, 0.15) is 18.9 Å². The molecule has 2 aromatic rings. The van der Waals surface area contributed by atoms with E-state index in [9.17, 15) is 13.2 Å². The Morgan fingerprint density at radius 1 is 1.03 bits per heavy atom. The fourth-order valence-corrected chi connectivity index (χ4v) is 7.56. The minimum absolute atomic E-state index is 0.184. The molecule has 0 spiro atoms. The Labute approximate surface area is 216 Å². The number of rotatable bonds is 9. The number of nitrogens with zero attached hydrogens (tertiary/aromatic N) is 2. The zero-order chi connectivity index (χ0) is 25.9. The number of carbonyl (C=O) groups is 1. The number of ether oxygens (including phenoxy) is 1. The van der Waals surface area contributed by atoms with Crippen LogP contribution < -0.4 is 14.8 Å². The van der Waals surface area contributed by atoms with Gasteiger partial charge < -0.3 is 10.5 Å². The monoisotopic (exact) mass is 529 g/mol. The molecule has 1 amide bonds. The molecule has 2 atom stereocenters. The molecule has 4 rings (SSSR count). The van der Waals surface area contributed by atoms with E-state index in [1.807, 2.05) is 42.5 Å². The lowest BCUT2D eigenvalue weighted by molar-refractivity contribution is -0.123. The molecule has 1 saturated heterocycles. The van der Waals surface area contributed by atoms with E-state index in [1.165, 1.54) is 17.1 Å². The number of nitrogens with two attached hydrogens (primary N) is 1. The first kappa shape index (κ1) is 26.7. The van der Waals surface area contributed by atoms with Crippen LogP contribution in [0.15, 0.2) is 48.5 Å². The van der Waals surface area contributed by atoms with Crippen LogP contribution in [-0.2, 0) is 28.0 Å². The average molecular weight is 530 g/mol. The first-order valence-corrected chi connectivity index (χ1v) is 18.0. The van der Waals surface area contributed by atoms with E-state index in [0.717, 1.165) is 40.7 Å². The van der Waals surface area contributed by atoms with E-state index in [1.54, 1.807) is 6.07 Å². The maximum atomic E-state index is 13.5. The molecule has 0 aromatic heterocycles. The lowest BCUT2D eigenvalue weighted by Gasteiger charge is -2.29. The number of hydrogen-bond acceptors (Lipinski definition) is 5. The Morgan fingerprint density at radius 3 is 2.44 bits per heavy atom. The standard InChI is InChI=1S/C27H39N3O4SSi/c1-36(2,3)16-15-29-27(31)19-30(35(29,32)33)25-14-13-22(17-23-11-7-8-12-24(23)28)18-26(25)34-20-21-9-5-4-6-10-21/h4-6,9-10,13-14,18,23-24H,7-8,11-12,15-17,19-20,28H2,1-3H3/t23-,24+/m0/s1. The van der Waals surface area contributed by atoms with Gasteiger partial charge in [-0.2, -0.15) is 8.42 Å². The van der Waals surface area contributed by atoms with Crippen LogP contribution in [0.25, 0.3) is 0 Å². The van der Waals surface area contributed by atoms with Crippen molar-refractivity contribution in [2.45, 2.75) is 70.4 Å². The van der Waals surface area contributed by atoms with Crippen molar-refractivity contribution < 1.29 is 17.9 Å². The fourth-order valence-electron chi connectivity index (χ4n) is 4.95. The molecule has 2 aromatic carbocycles. The van der Waals surface area contributed by atoms with Gasteiger partial charge in [0.15, 0.2) is 0 Å². The largest absolute Gasteiger partial charge is 0.487 e. The van der Waals surface area contributed by atoms with E-state index in [2.05, 4.69) is 19.6 Å². The van der Waals surface area contributed by atoms with Gasteiger partial charge in [-0.1, -0.05) is 68.9 Å². The summed E-state index contributed by atoms with van der Waals surface area (Å²) in [7, 11) is -5.49. The van der Waals surface area contributed by atoms with E-state index in [0.29, 0.717) is 24.0 Å². The maximum Gasteiger partial charge on any atom is 0.329 e. The van der Waals surface area contributed by atoms with E-state index < -0.39 is 18.3 Å². The minimum atomic E-state index is -3.97. The van der Waals surface area contributed by atoms with Crippen molar-refractivity contribution in [2.24, 2.45) is 11.7 Å². The van der Waals surface area contributed by atoms with E-state index in [4.69, 9.17) is 10.5 Å². The van der Waals surface area contributed by atoms with Crippen molar-refractivity contribution >= 4 is 29.9 Å². The summed E-state index contributed by atoms with van der Waals surface area (Å²) in [4.78, 5) is 12.8. The predicted octanol–water partition coefficient (Wildman–Crippen LogP) is 4.56. The molecule has 1 aliphatic heterocycles. The number of carbonyl (C=O) groups excluding carboxylic acids is 1. The second-order valence-electron chi connectivity index (χ2n) is 11.3. The second-order valence-corrected chi connectivity index (χ2v) is 18.7. The minimum Gasteiger partial charge on any atom is -0.487 e. The van der Waals surface area contributed by atoms with Crippen molar-refractivity contribution in [2.75, 3.05) is 17.4 Å². The Balaban J connectivity index is 1.62. The zero-order valence-electron chi connectivity index (χ0n) is 21.7. The molecule has 0 unspecified atom stereocenters. The van der Waals surface area contributed by atoms with Crippen LogP contribution in [0.5, 0.6) is 5.75 Å². The molecule has 1 aliphatic carbocycles. The van der Waals surface area contributed by atoms with Crippen LogP contribution in [0.1, 0.15) is 36.8 Å². The van der Waals surface area contributed by atoms with Gasteiger partial charge in [0.25, 0.3) is 5.91 Å². The molecule has 196 valence electrons. The lowest BCUT2D eigenvalue weighted by Crippen LogP contribution is -2.37. The van der Waals surface area contributed by atoms with Gasteiger partial charge in [0.2, 0.25) is 0 Å². The summed E-state index contributed by atoms with van der Waals surface area (Å²) in [6, 6.07) is 16.4. The van der Waals surface area contributed by atoms with Gasteiger partial charge in [-0.3, -0.25) is 4.79 Å². The third-order valence-electron chi connectivity index (χ3n) is 7.17. The normalized spacial score (nSPS) is 22.2. The molecule has 2 aliphatic rings. The summed E-state index contributed by atoms with van der Waals surface area (Å²) in [6.45, 7) is 6.84. The SMILES string of the molecule is C[Si](C)(C)CCN1C(=O)CN(c2ccc(C[C@@H]3CCCC[C@H]3N)cc2OCc2ccccc2)S1(=O)=O. The molecule has 0 radical (unpaired) electrons. The quantitative estimate of drug-likeness (QED) is 0.481. The molecule has 0 bridgehead atoms. The highest BCUT2D eigenvalue weighted by molar-refractivity contribution is 7.91. The molecule has 2 fully saturated rings. The van der Waals surface area contributed by atoms with Crippen molar-refractivity contribution in [1.82, 2.24) is 4.31 Å². The molecule has 9 heteroatoms. The van der Waals surface area contributed by atoms with Crippen LogP contribution in [0.2, 0.25) is 25.7 Å². The Morgan fingerprint density at radius 2 is 1.75 bits per heavy atom. The van der Waals surface area contributed by atoms with Gasteiger partial charge in [-0.05, 0) is 54.5 Å². The van der Waals surface area contributed by atoms with Crippen LogP contribution in [0, 0.1) is 5.92 Å². The maximum absolute atomic E-state index is 13.5. The first-order valence-electron chi connectivity index (χ1n) is 12.9. The molecule has 1 saturated carbocycles. The van der Waals surface area contributed by atoms with Crippen molar-refractivity contribution in [3.05, 3.63) is 59.7 Å². The highest BCUT2D eigenvalue weighted by Gasteiger charge is 2.44. The van der Waals surface area contributed by atoms with Crippen molar-refractivity contribution in [1.29, 1.82) is 0 Å². The van der Waals surface area contributed by atoms with Crippen LogP contribution in [0.4, 0.5) is 5.69 Å². The van der Waals surface area contributed by atoms with Crippen molar-refractivity contribution in [3.63, 3.8) is 0 Å². The van der Waals surface area contributed by atoms with Gasteiger partial charge in [-0.15, -0.1) is 0 Å². The number of benzene rings is 2. The molecular formula is C27H39N3O4SSi. The molecular weight excluding hydrogens is 490 g/mol. The molecule has 7 nitrogen and oxygen atoms in total. The topological polar surface area (TPSA) is 92.9 Å². The van der Waals surface area contributed by atoms with Gasteiger partial charge in [0, 0.05) is 20.7 Å². The zero-order valence-corrected chi connectivity index (χ0v) is 23.5. The third-order valence-corrected chi connectivity index (χ3v) is 10.7. The summed E-state index contributed by atoms with van der Waals surface area (Å²) in [5, 5.41) is 0. The molecule has 2 N–H and O–H groups in total. The summed E-state index contributed by atoms with van der Waals surface area (Å²) in [5.41, 5.74) is 8.86. The van der Waals surface area contributed by atoms with Gasteiger partial charge in [0.05, 0.1) is 5.69 Å². The highest BCUT2D eigenvalue weighted by atomic mass is 32.2. The average Bonchev–Trinajstić information content (AvgIpc) is 3.05. The third kappa shape index (κ3) is 6.30. The Bertz CT molecular complexity index is 1170. The molecule has 36 heavy (non-hydrogen) atoms. The summed E-state index contributed by atoms with van der Waals surface area (Å²) in [5.74, 6) is 0.490. The predicted molar refractivity (Wildman–Crippen MR) is 147 cm³/mol. The summed E-state index contributed by atoms with van der Waals surface area (Å²) >= 11 is 0. The van der Waals surface area contributed by atoms with Crippen molar-refractivity contribution in [3.8, 4) is 5.75 Å². The van der Waals surface area contributed by atoms with Gasteiger partial charge >= 0.3 is 10.2 Å². The lowest BCUT2D eigenvalue weighted by atomic mass is 9.81. The Kier molecular flexibility index (Phi) is 8.11. The van der Waals surface area contributed by atoms with Crippen LogP contribution in [-0.4, -0.2) is 45.8 Å². The summed E-state index contributed by atoms with van der Waals surface area (Å²) < 4.78 is 35.4. The summed E-state index contributed by atoms with van der Waals surface area (Å²) in [6.07, 6.45) is 5.34.